The second kappa shape index (κ2) is 4.96. The molecule has 0 saturated carbocycles. The SMILES string of the molecule is N#Cc1ccc(-n2c(=O)c(C#N)cc3ccccc32)cc1. The molecular formula is C17H9N3O. The average Bonchev–Trinajstić information content (AvgIpc) is 2.54. The number of nitriles is 2. The number of para-hydroxylation sites is 1. The lowest BCUT2D eigenvalue weighted by Crippen LogP contribution is -2.21. The summed E-state index contributed by atoms with van der Waals surface area (Å²) >= 11 is 0. The highest BCUT2D eigenvalue weighted by atomic mass is 16.1. The molecule has 0 aliphatic rings. The number of rotatable bonds is 1. The van der Waals surface area contributed by atoms with Crippen LogP contribution in [-0.2, 0) is 0 Å². The maximum absolute atomic E-state index is 12.4. The number of nitrogens with zero attached hydrogens (tertiary/aromatic N) is 3. The van der Waals surface area contributed by atoms with Crippen molar-refractivity contribution in [1.82, 2.24) is 4.57 Å². The van der Waals surface area contributed by atoms with E-state index in [-0.39, 0.29) is 11.1 Å². The van der Waals surface area contributed by atoms with E-state index in [0.717, 1.165) is 10.9 Å². The lowest BCUT2D eigenvalue weighted by Gasteiger charge is -2.11. The molecule has 0 aliphatic carbocycles. The Hall–Kier alpha value is -3.37. The van der Waals surface area contributed by atoms with Crippen LogP contribution in [0.4, 0.5) is 0 Å². The molecule has 0 amide bonds. The van der Waals surface area contributed by atoms with Crippen molar-refractivity contribution in [2.24, 2.45) is 0 Å². The molecular weight excluding hydrogens is 262 g/mol. The van der Waals surface area contributed by atoms with Crippen molar-refractivity contribution < 1.29 is 0 Å². The topological polar surface area (TPSA) is 69.6 Å². The fourth-order valence-electron chi connectivity index (χ4n) is 2.28. The summed E-state index contributed by atoms with van der Waals surface area (Å²) in [5, 5.41) is 18.8. The van der Waals surface area contributed by atoms with E-state index < -0.39 is 0 Å². The van der Waals surface area contributed by atoms with Crippen LogP contribution >= 0.6 is 0 Å². The highest BCUT2D eigenvalue weighted by Crippen LogP contribution is 2.18. The second-order valence-electron chi connectivity index (χ2n) is 4.53. The summed E-state index contributed by atoms with van der Waals surface area (Å²) in [6.45, 7) is 0. The van der Waals surface area contributed by atoms with Crippen LogP contribution in [0.15, 0.2) is 59.4 Å². The van der Waals surface area contributed by atoms with Crippen molar-refractivity contribution in [3.63, 3.8) is 0 Å². The zero-order chi connectivity index (χ0) is 14.8. The van der Waals surface area contributed by atoms with Crippen LogP contribution in [0.3, 0.4) is 0 Å². The molecule has 0 unspecified atom stereocenters. The number of hydrogen-bond donors (Lipinski definition) is 0. The van der Waals surface area contributed by atoms with E-state index in [0.29, 0.717) is 11.3 Å². The maximum atomic E-state index is 12.4. The molecule has 4 heteroatoms. The molecule has 1 aromatic heterocycles. The molecule has 98 valence electrons. The van der Waals surface area contributed by atoms with Crippen LogP contribution in [0.5, 0.6) is 0 Å². The predicted octanol–water partition coefficient (Wildman–Crippen LogP) is 2.73. The molecule has 0 saturated heterocycles. The third-order valence-corrected chi connectivity index (χ3v) is 3.29. The second-order valence-corrected chi connectivity index (χ2v) is 4.53. The van der Waals surface area contributed by atoms with E-state index in [1.54, 1.807) is 30.3 Å². The Labute approximate surface area is 120 Å². The Bertz CT molecular complexity index is 970. The fraction of sp³-hybridized carbons (Fsp3) is 0. The van der Waals surface area contributed by atoms with Gasteiger partial charge >= 0.3 is 0 Å². The molecule has 0 spiro atoms. The first-order valence-corrected chi connectivity index (χ1v) is 6.30. The summed E-state index contributed by atoms with van der Waals surface area (Å²) in [6.07, 6.45) is 0. The van der Waals surface area contributed by atoms with Crippen molar-refractivity contribution in [2.75, 3.05) is 0 Å². The molecule has 0 N–H and O–H groups in total. The molecule has 0 fully saturated rings. The monoisotopic (exact) mass is 271 g/mol. The molecule has 0 aliphatic heterocycles. The van der Waals surface area contributed by atoms with Gasteiger partial charge in [0.25, 0.3) is 5.56 Å². The standard InChI is InChI=1S/C17H9N3O/c18-10-12-5-7-15(8-6-12)20-16-4-2-1-3-13(16)9-14(11-19)17(20)21/h1-9H. The number of fused-ring (bicyclic) bond motifs is 1. The summed E-state index contributed by atoms with van der Waals surface area (Å²) in [6, 6.07) is 19.7. The highest BCUT2D eigenvalue weighted by Gasteiger charge is 2.10. The molecule has 0 atom stereocenters. The van der Waals surface area contributed by atoms with E-state index in [1.165, 1.54) is 4.57 Å². The minimum Gasteiger partial charge on any atom is -0.276 e. The van der Waals surface area contributed by atoms with Crippen molar-refractivity contribution in [1.29, 1.82) is 10.5 Å². The van der Waals surface area contributed by atoms with Gasteiger partial charge in [-0.3, -0.25) is 9.36 Å². The van der Waals surface area contributed by atoms with Crippen LogP contribution in [0.1, 0.15) is 11.1 Å². The first-order chi connectivity index (χ1) is 10.2. The van der Waals surface area contributed by atoms with Gasteiger partial charge < -0.3 is 0 Å². The van der Waals surface area contributed by atoms with Gasteiger partial charge in [-0.15, -0.1) is 0 Å². The Kier molecular flexibility index (Phi) is 2.99. The molecule has 0 radical (unpaired) electrons. The number of pyridine rings is 1. The van der Waals surface area contributed by atoms with Crippen molar-refractivity contribution >= 4 is 10.9 Å². The third-order valence-electron chi connectivity index (χ3n) is 3.29. The lowest BCUT2D eigenvalue weighted by atomic mass is 10.1. The first kappa shape index (κ1) is 12.7. The Morgan fingerprint density at radius 2 is 1.62 bits per heavy atom. The zero-order valence-corrected chi connectivity index (χ0v) is 10.9. The minimum atomic E-state index is -0.360. The van der Waals surface area contributed by atoms with Gasteiger partial charge in [0, 0.05) is 11.1 Å². The summed E-state index contributed by atoms with van der Waals surface area (Å²) in [7, 11) is 0. The summed E-state index contributed by atoms with van der Waals surface area (Å²) in [5.74, 6) is 0. The Morgan fingerprint density at radius 3 is 2.29 bits per heavy atom. The van der Waals surface area contributed by atoms with Crippen LogP contribution in [-0.4, -0.2) is 4.57 Å². The molecule has 3 aromatic rings. The molecule has 1 heterocycles. The summed E-state index contributed by atoms with van der Waals surface area (Å²) in [5.41, 5.74) is 1.62. The number of aromatic nitrogens is 1. The van der Waals surface area contributed by atoms with Gasteiger partial charge in [0.1, 0.15) is 11.6 Å². The number of benzene rings is 2. The van der Waals surface area contributed by atoms with Gasteiger partial charge in [-0.2, -0.15) is 10.5 Å². The van der Waals surface area contributed by atoms with Crippen molar-refractivity contribution in [3.05, 3.63) is 76.1 Å². The minimum absolute atomic E-state index is 0.0954. The van der Waals surface area contributed by atoms with E-state index in [2.05, 4.69) is 0 Å². The lowest BCUT2D eigenvalue weighted by molar-refractivity contribution is 1.03. The molecule has 3 rings (SSSR count). The quantitative estimate of drug-likeness (QED) is 0.683. The van der Waals surface area contributed by atoms with Gasteiger partial charge in [-0.1, -0.05) is 18.2 Å². The van der Waals surface area contributed by atoms with Gasteiger partial charge in [0.15, 0.2) is 0 Å². The smallest absolute Gasteiger partial charge is 0.273 e. The highest BCUT2D eigenvalue weighted by molar-refractivity contribution is 5.82. The Morgan fingerprint density at radius 1 is 0.905 bits per heavy atom. The Balaban J connectivity index is 2.40. The molecule has 4 nitrogen and oxygen atoms in total. The van der Waals surface area contributed by atoms with E-state index in [1.807, 2.05) is 36.4 Å². The van der Waals surface area contributed by atoms with Gasteiger partial charge in [0.2, 0.25) is 0 Å². The summed E-state index contributed by atoms with van der Waals surface area (Å²) < 4.78 is 1.50. The van der Waals surface area contributed by atoms with Crippen molar-refractivity contribution in [3.8, 4) is 17.8 Å². The molecule has 21 heavy (non-hydrogen) atoms. The van der Waals surface area contributed by atoms with Crippen molar-refractivity contribution in [2.45, 2.75) is 0 Å². The van der Waals surface area contributed by atoms with Crippen LogP contribution in [0.25, 0.3) is 16.6 Å². The fourth-order valence-corrected chi connectivity index (χ4v) is 2.28. The van der Waals surface area contributed by atoms with Gasteiger partial charge in [-0.25, -0.2) is 0 Å². The maximum Gasteiger partial charge on any atom is 0.273 e. The molecule has 2 aromatic carbocycles. The largest absolute Gasteiger partial charge is 0.276 e. The third kappa shape index (κ3) is 2.05. The van der Waals surface area contributed by atoms with E-state index in [4.69, 9.17) is 10.5 Å². The van der Waals surface area contributed by atoms with E-state index in [9.17, 15) is 4.79 Å². The predicted molar refractivity (Wildman–Crippen MR) is 79.0 cm³/mol. The first-order valence-electron chi connectivity index (χ1n) is 6.30. The van der Waals surface area contributed by atoms with Crippen LogP contribution < -0.4 is 5.56 Å². The van der Waals surface area contributed by atoms with Gasteiger partial charge in [-0.05, 0) is 36.4 Å². The zero-order valence-electron chi connectivity index (χ0n) is 10.9. The van der Waals surface area contributed by atoms with Crippen LogP contribution in [0, 0.1) is 22.7 Å². The normalized spacial score (nSPS) is 10.0. The average molecular weight is 271 g/mol. The van der Waals surface area contributed by atoms with E-state index >= 15 is 0 Å². The number of hydrogen-bond acceptors (Lipinski definition) is 3. The summed E-state index contributed by atoms with van der Waals surface area (Å²) in [4.78, 5) is 12.4. The van der Waals surface area contributed by atoms with Gasteiger partial charge in [0.05, 0.1) is 17.1 Å². The molecule has 0 bridgehead atoms. The van der Waals surface area contributed by atoms with Crippen LogP contribution in [0.2, 0.25) is 0 Å².